The maximum atomic E-state index is 12.7. The highest BCUT2D eigenvalue weighted by atomic mass is 79.9. The summed E-state index contributed by atoms with van der Waals surface area (Å²) in [5, 5.41) is 0.701. The van der Waals surface area contributed by atoms with Gasteiger partial charge in [-0.05, 0) is 37.5 Å². The summed E-state index contributed by atoms with van der Waals surface area (Å²) in [5.41, 5.74) is -0.294. The average molecular weight is 367 g/mol. The molecular weight excluding hydrogens is 340 g/mol. The van der Waals surface area contributed by atoms with Crippen LogP contribution in [0.3, 0.4) is 0 Å². The van der Waals surface area contributed by atoms with Crippen molar-refractivity contribution in [3.05, 3.63) is 0 Å². The van der Waals surface area contributed by atoms with Crippen LogP contribution < -0.4 is 4.72 Å². The van der Waals surface area contributed by atoms with E-state index in [9.17, 15) is 8.42 Å². The van der Waals surface area contributed by atoms with E-state index in [1.807, 2.05) is 0 Å². The third-order valence-corrected chi connectivity index (χ3v) is 7.43. The Morgan fingerprint density at radius 3 is 2.55 bits per heavy atom. The van der Waals surface area contributed by atoms with Crippen LogP contribution in [-0.2, 0) is 10.2 Å². The Balaban J connectivity index is 2.09. The van der Waals surface area contributed by atoms with E-state index in [1.54, 1.807) is 4.31 Å². The van der Waals surface area contributed by atoms with E-state index in [1.165, 1.54) is 6.42 Å². The minimum atomic E-state index is -3.36. The van der Waals surface area contributed by atoms with Crippen LogP contribution in [0.2, 0.25) is 0 Å². The van der Waals surface area contributed by atoms with Gasteiger partial charge in [0.05, 0.1) is 0 Å². The van der Waals surface area contributed by atoms with Gasteiger partial charge in [-0.2, -0.15) is 17.4 Å². The number of hydrogen-bond donors (Lipinski definition) is 1. The molecule has 2 aliphatic rings. The molecule has 3 atom stereocenters. The minimum absolute atomic E-state index is 0.294. The molecule has 1 saturated heterocycles. The van der Waals surface area contributed by atoms with Crippen LogP contribution in [0.1, 0.15) is 52.4 Å². The summed E-state index contributed by atoms with van der Waals surface area (Å²) >= 11 is 3.54. The molecule has 1 saturated carbocycles. The first kappa shape index (κ1) is 16.7. The first-order valence-corrected chi connectivity index (χ1v) is 10.3. The lowest BCUT2D eigenvalue weighted by molar-refractivity contribution is 0.227. The number of nitrogens with one attached hydrogen (secondary N) is 1. The number of nitrogens with zero attached hydrogens (tertiary/aromatic N) is 1. The van der Waals surface area contributed by atoms with Crippen molar-refractivity contribution in [2.75, 3.05) is 18.4 Å². The zero-order valence-electron chi connectivity index (χ0n) is 12.6. The maximum absolute atomic E-state index is 12.7. The van der Waals surface area contributed by atoms with Crippen molar-refractivity contribution in [2.24, 2.45) is 11.8 Å². The van der Waals surface area contributed by atoms with Gasteiger partial charge in [0.25, 0.3) is 10.2 Å². The Kier molecular flexibility index (Phi) is 5.54. The van der Waals surface area contributed by atoms with Crippen molar-refractivity contribution < 1.29 is 8.42 Å². The van der Waals surface area contributed by atoms with Crippen molar-refractivity contribution in [2.45, 2.75) is 57.9 Å². The smallest absolute Gasteiger partial charge is 0.195 e. The lowest BCUT2D eigenvalue weighted by Gasteiger charge is -2.41. The summed E-state index contributed by atoms with van der Waals surface area (Å²) < 4.78 is 30.0. The van der Waals surface area contributed by atoms with Crippen molar-refractivity contribution in [3.63, 3.8) is 0 Å². The molecule has 4 nitrogen and oxygen atoms in total. The van der Waals surface area contributed by atoms with Gasteiger partial charge >= 0.3 is 0 Å². The Morgan fingerprint density at radius 2 is 1.95 bits per heavy atom. The van der Waals surface area contributed by atoms with Crippen molar-refractivity contribution >= 4 is 26.1 Å². The van der Waals surface area contributed by atoms with Crippen molar-refractivity contribution in [3.8, 4) is 0 Å². The number of hydrogen-bond acceptors (Lipinski definition) is 2. The molecule has 2 rings (SSSR count). The van der Waals surface area contributed by atoms with Crippen LogP contribution in [0.25, 0.3) is 0 Å². The molecule has 0 bridgehead atoms. The zero-order valence-corrected chi connectivity index (χ0v) is 15.0. The zero-order chi connectivity index (χ0) is 14.8. The quantitative estimate of drug-likeness (QED) is 0.777. The molecular formula is C14H27BrN2O2S. The normalized spacial score (nSPS) is 37.0. The van der Waals surface area contributed by atoms with E-state index in [-0.39, 0.29) is 5.54 Å². The van der Waals surface area contributed by atoms with E-state index >= 15 is 0 Å². The molecule has 0 aromatic rings. The molecule has 6 heteroatoms. The van der Waals surface area contributed by atoms with E-state index < -0.39 is 10.2 Å². The third kappa shape index (κ3) is 3.96. The van der Waals surface area contributed by atoms with Crippen molar-refractivity contribution in [1.82, 2.24) is 9.03 Å². The van der Waals surface area contributed by atoms with Gasteiger partial charge in [0.1, 0.15) is 0 Å². The van der Waals surface area contributed by atoms with Crippen LogP contribution >= 0.6 is 15.9 Å². The highest BCUT2D eigenvalue weighted by Crippen LogP contribution is 2.34. The summed E-state index contributed by atoms with van der Waals surface area (Å²) in [5.74, 6) is 1.05. The van der Waals surface area contributed by atoms with E-state index in [0.29, 0.717) is 30.3 Å². The highest BCUT2D eigenvalue weighted by molar-refractivity contribution is 9.09. The molecule has 3 unspecified atom stereocenters. The lowest BCUT2D eigenvalue weighted by atomic mass is 9.78. The molecule has 0 amide bonds. The molecule has 20 heavy (non-hydrogen) atoms. The molecule has 118 valence electrons. The molecule has 0 spiro atoms. The topological polar surface area (TPSA) is 49.4 Å². The molecule has 1 heterocycles. The van der Waals surface area contributed by atoms with Crippen LogP contribution in [0.5, 0.6) is 0 Å². The van der Waals surface area contributed by atoms with Gasteiger partial charge in [0, 0.05) is 24.0 Å². The molecule has 1 aliphatic carbocycles. The Bertz CT molecular complexity index is 429. The Hall–Kier alpha value is 0.350. The molecule has 0 aromatic heterocycles. The van der Waals surface area contributed by atoms with Gasteiger partial charge in [-0.3, -0.25) is 0 Å². The maximum Gasteiger partial charge on any atom is 0.279 e. The van der Waals surface area contributed by atoms with Gasteiger partial charge in [0.15, 0.2) is 0 Å². The summed E-state index contributed by atoms with van der Waals surface area (Å²) in [6, 6.07) is 0. The second-order valence-electron chi connectivity index (χ2n) is 6.83. The minimum Gasteiger partial charge on any atom is -0.195 e. The molecule has 2 fully saturated rings. The van der Waals surface area contributed by atoms with Gasteiger partial charge in [-0.25, -0.2) is 0 Å². The molecule has 0 radical (unpaired) electrons. The van der Waals surface area contributed by atoms with Gasteiger partial charge in [-0.15, -0.1) is 0 Å². The largest absolute Gasteiger partial charge is 0.279 e. The number of piperidine rings is 1. The van der Waals surface area contributed by atoms with Gasteiger partial charge in [0.2, 0.25) is 0 Å². The number of alkyl halides is 1. The first-order chi connectivity index (χ1) is 9.37. The average Bonchev–Trinajstić information content (AvgIpc) is 2.38. The summed E-state index contributed by atoms with van der Waals surface area (Å²) in [7, 11) is -3.36. The first-order valence-electron chi connectivity index (χ1n) is 7.72. The Labute approximate surface area is 132 Å². The fourth-order valence-corrected chi connectivity index (χ4v) is 6.19. The summed E-state index contributed by atoms with van der Waals surface area (Å²) in [6.45, 7) is 5.66. The predicted octanol–water partition coefficient (Wildman–Crippen LogP) is 2.90. The second kappa shape index (κ2) is 6.63. The van der Waals surface area contributed by atoms with Crippen LogP contribution in [0.4, 0.5) is 0 Å². The second-order valence-corrected chi connectivity index (χ2v) is 9.06. The van der Waals surface area contributed by atoms with E-state index in [2.05, 4.69) is 34.5 Å². The fourth-order valence-electron chi connectivity index (χ4n) is 3.60. The van der Waals surface area contributed by atoms with E-state index in [4.69, 9.17) is 0 Å². The molecule has 1 aliphatic heterocycles. The molecule has 0 aromatic carbocycles. The van der Waals surface area contributed by atoms with Gasteiger partial charge in [-0.1, -0.05) is 42.6 Å². The monoisotopic (exact) mass is 366 g/mol. The highest BCUT2D eigenvalue weighted by Gasteiger charge is 2.39. The standard InChI is InChI=1S/C14H27BrN2O2S/c1-12-5-3-7-14(9-12,11-15)16-20(18,19)17-8-4-6-13(2)10-17/h12-13,16H,3-11H2,1-2H3. The number of halogens is 1. The van der Waals surface area contributed by atoms with Crippen molar-refractivity contribution in [1.29, 1.82) is 0 Å². The predicted molar refractivity (Wildman–Crippen MR) is 86.2 cm³/mol. The van der Waals surface area contributed by atoms with E-state index in [0.717, 1.165) is 32.1 Å². The fraction of sp³-hybridized carbons (Fsp3) is 1.00. The molecule has 1 N–H and O–H groups in total. The van der Waals surface area contributed by atoms with Crippen LogP contribution in [0, 0.1) is 11.8 Å². The Morgan fingerprint density at radius 1 is 1.25 bits per heavy atom. The SMILES string of the molecule is CC1CCCN(S(=O)(=O)NC2(CBr)CCCC(C)C2)C1. The van der Waals surface area contributed by atoms with Crippen LogP contribution in [0.15, 0.2) is 0 Å². The third-order valence-electron chi connectivity index (χ3n) is 4.65. The number of rotatable bonds is 4. The van der Waals surface area contributed by atoms with Crippen LogP contribution in [-0.4, -0.2) is 36.7 Å². The lowest BCUT2D eigenvalue weighted by Crippen LogP contribution is -2.57. The summed E-state index contributed by atoms with van der Waals surface area (Å²) in [4.78, 5) is 0. The van der Waals surface area contributed by atoms with Gasteiger partial charge < -0.3 is 0 Å². The summed E-state index contributed by atoms with van der Waals surface area (Å²) in [6.07, 6.45) is 6.28.